The molecule has 5 nitrogen and oxygen atoms in total. The van der Waals surface area contributed by atoms with E-state index >= 15 is 0 Å². The Balaban J connectivity index is 1.65. The first kappa shape index (κ1) is 14.6. The predicted molar refractivity (Wildman–Crippen MR) is 85.1 cm³/mol. The van der Waals surface area contributed by atoms with Crippen LogP contribution in [0.3, 0.4) is 0 Å². The Morgan fingerprint density at radius 1 is 1.23 bits per heavy atom. The van der Waals surface area contributed by atoms with E-state index in [1.165, 1.54) is 0 Å². The fourth-order valence-corrected chi connectivity index (χ4v) is 3.05. The zero-order chi connectivity index (χ0) is 15.5. The molecule has 1 aromatic carbocycles. The maximum Gasteiger partial charge on any atom is 0.255 e. The number of hydrogen-bond acceptors (Lipinski definition) is 3. The van der Waals surface area contributed by atoms with E-state index in [2.05, 4.69) is 10.3 Å². The molecule has 1 heterocycles. The number of benzene rings is 1. The van der Waals surface area contributed by atoms with Gasteiger partial charge in [0.15, 0.2) is 0 Å². The number of carbonyl (C=O) groups excluding carboxylic acids is 1. The first-order valence-corrected chi connectivity index (χ1v) is 7.67. The van der Waals surface area contributed by atoms with Crippen LogP contribution in [0, 0.1) is 0 Å². The average Bonchev–Trinajstić information content (AvgIpc) is 2.49. The Bertz CT molecular complexity index is 730. The molecular weight excluding hydrogens is 280 g/mol. The van der Waals surface area contributed by atoms with Gasteiger partial charge in [0.2, 0.25) is 5.91 Å². The molecule has 1 fully saturated rings. The van der Waals surface area contributed by atoms with Crippen molar-refractivity contribution in [3.63, 3.8) is 0 Å². The number of amides is 1. The second kappa shape index (κ2) is 6.22. The zero-order valence-corrected chi connectivity index (χ0v) is 12.6. The molecule has 5 heteroatoms. The Morgan fingerprint density at radius 2 is 2.00 bits per heavy atom. The molecule has 0 aliphatic heterocycles. The molecule has 2 N–H and O–H groups in total. The number of H-pyrrole nitrogens is 1. The van der Waals surface area contributed by atoms with E-state index in [1.807, 2.05) is 18.2 Å². The van der Waals surface area contributed by atoms with Crippen LogP contribution in [-0.4, -0.2) is 23.0 Å². The summed E-state index contributed by atoms with van der Waals surface area (Å²) in [4.78, 5) is 25.4. The quantitative estimate of drug-likeness (QED) is 0.914. The van der Waals surface area contributed by atoms with E-state index in [9.17, 15) is 9.59 Å². The van der Waals surface area contributed by atoms with E-state index in [1.54, 1.807) is 19.2 Å². The topological polar surface area (TPSA) is 71.2 Å². The van der Waals surface area contributed by atoms with E-state index in [0.29, 0.717) is 5.39 Å². The lowest BCUT2D eigenvalue weighted by Crippen LogP contribution is -2.38. The van der Waals surface area contributed by atoms with Crippen molar-refractivity contribution < 1.29 is 9.53 Å². The largest absolute Gasteiger partial charge is 0.490 e. The average molecular weight is 300 g/mol. The molecule has 1 saturated carbocycles. The molecule has 1 amide bonds. The van der Waals surface area contributed by atoms with Gasteiger partial charge in [0.05, 0.1) is 6.10 Å². The molecule has 0 unspecified atom stereocenters. The number of aromatic nitrogens is 1. The van der Waals surface area contributed by atoms with Crippen molar-refractivity contribution in [3.05, 3.63) is 40.8 Å². The highest BCUT2D eigenvalue weighted by Crippen LogP contribution is 2.25. The van der Waals surface area contributed by atoms with Gasteiger partial charge in [0.1, 0.15) is 5.75 Å². The molecule has 22 heavy (non-hydrogen) atoms. The number of hydrogen-bond donors (Lipinski definition) is 2. The zero-order valence-electron chi connectivity index (χ0n) is 12.6. The summed E-state index contributed by atoms with van der Waals surface area (Å²) in [5, 5.41) is 4.52. The third-order valence-corrected chi connectivity index (χ3v) is 4.13. The van der Waals surface area contributed by atoms with Crippen LogP contribution in [0.5, 0.6) is 5.75 Å². The van der Waals surface area contributed by atoms with Gasteiger partial charge in [-0.1, -0.05) is 0 Å². The van der Waals surface area contributed by atoms with Gasteiger partial charge in [-0.05, 0) is 55.3 Å². The van der Waals surface area contributed by atoms with Crippen LogP contribution in [0.15, 0.2) is 35.3 Å². The number of aromatic amines is 1. The lowest BCUT2D eigenvalue weighted by atomic mass is 9.93. The third kappa shape index (κ3) is 3.30. The number of rotatable bonds is 3. The van der Waals surface area contributed by atoms with Crippen molar-refractivity contribution in [1.82, 2.24) is 10.3 Å². The maximum absolute atomic E-state index is 11.7. The summed E-state index contributed by atoms with van der Waals surface area (Å²) in [5.41, 5.74) is -0.0835. The highest BCUT2D eigenvalue weighted by molar-refractivity contribution is 5.82. The molecule has 2 aromatic rings. The fourth-order valence-electron chi connectivity index (χ4n) is 3.05. The summed E-state index contributed by atoms with van der Waals surface area (Å²) in [6.45, 7) is 1.55. The van der Waals surface area contributed by atoms with Gasteiger partial charge in [-0.25, -0.2) is 0 Å². The molecular formula is C17H20N2O3. The minimum Gasteiger partial charge on any atom is -0.490 e. The van der Waals surface area contributed by atoms with Crippen molar-refractivity contribution in [2.45, 2.75) is 44.8 Å². The van der Waals surface area contributed by atoms with Crippen LogP contribution < -0.4 is 15.6 Å². The number of carbonyl (C=O) groups is 1. The smallest absolute Gasteiger partial charge is 0.255 e. The molecule has 1 aliphatic rings. The van der Waals surface area contributed by atoms with Crippen LogP contribution in [-0.2, 0) is 4.79 Å². The summed E-state index contributed by atoms with van der Waals surface area (Å²) < 4.78 is 6.03. The third-order valence-electron chi connectivity index (χ3n) is 4.13. The standard InChI is InChI=1S/C17H20N2O3/c1-11(20)19-13-2-4-14(5-3-13)22-15-6-7-16-12(10-15)8-9-18-17(16)21/h6-10,13-14H,2-5H2,1H3,(H,18,21)(H,19,20). The second-order valence-electron chi connectivity index (χ2n) is 5.85. The van der Waals surface area contributed by atoms with Crippen molar-refractivity contribution in [3.8, 4) is 5.75 Å². The molecule has 0 spiro atoms. The van der Waals surface area contributed by atoms with Gasteiger partial charge in [-0.2, -0.15) is 0 Å². The van der Waals surface area contributed by atoms with Crippen LogP contribution >= 0.6 is 0 Å². The van der Waals surface area contributed by atoms with Gasteiger partial charge >= 0.3 is 0 Å². The first-order valence-electron chi connectivity index (χ1n) is 7.67. The Kier molecular flexibility index (Phi) is 4.13. The Hall–Kier alpha value is -2.30. The lowest BCUT2D eigenvalue weighted by molar-refractivity contribution is -0.120. The molecule has 3 rings (SSSR count). The fraction of sp³-hybridized carbons (Fsp3) is 0.412. The highest BCUT2D eigenvalue weighted by Gasteiger charge is 2.22. The van der Waals surface area contributed by atoms with E-state index in [4.69, 9.17) is 4.74 Å². The molecule has 0 radical (unpaired) electrons. The van der Waals surface area contributed by atoms with Crippen LogP contribution in [0.1, 0.15) is 32.6 Å². The summed E-state index contributed by atoms with van der Waals surface area (Å²) in [6.07, 6.45) is 5.56. The minimum atomic E-state index is -0.0835. The van der Waals surface area contributed by atoms with E-state index in [0.717, 1.165) is 36.8 Å². The molecule has 0 atom stereocenters. The van der Waals surface area contributed by atoms with Gasteiger partial charge in [0.25, 0.3) is 5.56 Å². The number of nitrogens with one attached hydrogen (secondary N) is 2. The van der Waals surface area contributed by atoms with Gasteiger partial charge in [-0.3, -0.25) is 9.59 Å². The van der Waals surface area contributed by atoms with Crippen molar-refractivity contribution in [1.29, 1.82) is 0 Å². The van der Waals surface area contributed by atoms with Gasteiger partial charge in [-0.15, -0.1) is 0 Å². The van der Waals surface area contributed by atoms with E-state index in [-0.39, 0.29) is 23.6 Å². The van der Waals surface area contributed by atoms with Gasteiger partial charge in [0, 0.05) is 24.5 Å². The number of ether oxygens (including phenoxy) is 1. The van der Waals surface area contributed by atoms with Gasteiger partial charge < -0.3 is 15.0 Å². The summed E-state index contributed by atoms with van der Waals surface area (Å²) in [6, 6.07) is 7.69. The normalized spacial score (nSPS) is 21.5. The molecule has 1 aliphatic carbocycles. The first-order chi connectivity index (χ1) is 10.6. The minimum absolute atomic E-state index is 0.0316. The Labute approximate surface area is 128 Å². The molecule has 0 bridgehead atoms. The van der Waals surface area contributed by atoms with Crippen LogP contribution in [0.4, 0.5) is 0 Å². The second-order valence-corrected chi connectivity index (χ2v) is 5.85. The molecule has 0 saturated heterocycles. The summed E-state index contributed by atoms with van der Waals surface area (Å²) >= 11 is 0. The lowest BCUT2D eigenvalue weighted by Gasteiger charge is -2.29. The molecule has 116 valence electrons. The maximum atomic E-state index is 11.7. The highest BCUT2D eigenvalue weighted by atomic mass is 16.5. The van der Waals surface area contributed by atoms with Crippen molar-refractivity contribution in [2.24, 2.45) is 0 Å². The van der Waals surface area contributed by atoms with Crippen LogP contribution in [0.25, 0.3) is 10.8 Å². The van der Waals surface area contributed by atoms with Crippen molar-refractivity contribution in [2.75, 3.05) is 0 Å². The SMILES string of the molecule is CC(=O)NC1CCC(Oc2ccc3c(=O)[nH]ccc3c2)CC1. The summed E-state index contributed by atoms with van der Waals surface area (Å²) in [5.74, 6) is 0.824. The Morgan fingerprint density at radius 3 is 2.73 bits per heavy atom. The van der Waals surface area contributed by atoms with Crippen molar-refractivity contribution >= 4 is 16.7 Å². The molecule has 1 aromatic heterocycles. The monoisotopic (exact) mass is 300 g/mol. The predicted octanol–water partition coefficient (Wildman–Crippen LogP) is 2.35. The number of pyridine rings is 1. The summed E-state index contributed by atoms with van der Waals surface area (Å²) in [7, 11) is 0. The van der Waals surface area contributed by atoms with E-state index < -0.39 is 0 Å². The van der Waals surface area contributed by atoms with Crippen LogP contribution in [0.2, 0.25) is 0 Å². The number of fused-ring (bicyclic) bond motifs is 1.